The normalized spacial score (nSPS) is 10.8. The lowest BCUT2D eigenvalue weighted by atomic mass is 10.1. The van der Waals surface area contributed by atoms with Crippen LogP contribution in [0.3, 0.4) is 0 Å². The maximum Gasteiger partial charge on any atom is 0.223 e. The van der Waals surface area contributed by atoms with Crippen molar-refractivity contribution >= 4 is 22.3 Å². The Kier molecular flexibility index (Phi) is 3.20. The molecule has 6 nitrogen and oxygen atoms in total. The topological polar surface area (TPSA) is 89.9 Å². The molecule has 102 valence electrons. The van der Waals surface area contributed by atoms with E-state index in [2.05, 4.69) is 20.4 Å². The first kappa shape index (κ1) is 12.4. The number of nitrogens with zero attached hydrogens (tertiary/aromatic N) is 3. The number of fused-ring (bicyclic) bond motifs is 1. The molecular weight excluding hydrogens is 254 g/mol. The molecule has 20 heavy (non-hydrogen) atoms. The SMILES string of the molecule is Cc1nc(CCNc2ccnc3c(N)cccc23)no1. The van der Waals surface area contributed by atoms with Gasteiger partial charge in [0.25, 0.3) is 0 Å². The molecule has 0 fully saturated rings. The number of benzene rings is 1. The van der Waals surface area contributed by atoms with Gasteiger partial charge in [0, 0.05) is 37.2 Å². The number of hydrogen-bond donors (Lipinski definition) is 2. The number of para-hydroxylation sites is 1. The molecule has 0 saturated carbocycles. The molecule has 0 saturated heterocycles. The van der Waals surface area contributed by atoms with Gasteiger partial charge in [-0.2, -0.15) is 4.98 Å². The largest absolute Gasteiger partial charge is 0.397 e. The average molecular weight is 269 g/mol. The summed E-state index contributed by atoms with van der Waals surface area (Å²) in [5.41, 5.74) is 8.42. The van der Waals surface area contributed by atoms with Crippen molar-refractivity contribution in [3.8, 4) is 0 Å². The molecule has 0 unspecified atom stereocenters. The van der Waals surface area contributed by atoms with Gasteiger partial charge in [-0.1, -0.05) is 17.3 Å². The van der Waals surface area contributed by atoms with Gasteiger partial charge in [-0.25, -0.2) is 0 Å². The summed E-state index contributed by atoms with van der Waals surface area (Å²) < 4.78 is 4.94. The van der Waals surface area contributed by atoms with E-state index in [4.69, 9.17) is 10.3 Å². The molecule has 0 aliphatic rings. The summed E-state index contributed by atoms with van der Waals surface area (Å²) in [6.07, 6.45) is 2.45. The summed E-state index contributed by atoms with van der Waals surface area (Å²) >= 11 is 0. The minimum Gasteiger partial charge on any atom is -0.397 e. The molecule has 3 rings (SSSR count). The summed E-state index contributed by atoms with van der Waals surface area (Å²) in [5.74, 6) is 1.29. The van der Waals surface area contributed by atoms with Gasteiger partial charge in [0.1, 0.15) is 0 Å². The number of nitrogens with two attached hydrogens (primary N) is 1. The highest BCUT2D eigenvalue weighted by molar-refractivity contribution is 5.97. The monoisotopic (exact) mass is 269 g/mol. The fourth-order valence-corrected chi connectivity index (χ4v) is 2.10. The zero-order chi connectivity index (χ0) is 13.9. The second-order valence-corrected chi connectivity index (χ2v) is 4.51. The number of aromatic nitrogens is 3. The Morgan fingerprint density at radius 3 is 3.00 bits per heavy atom. The van der Waals surface area contributed by atoms with E-state index < -0.39 is 0 Å². The predicted molar refractivity (Wildman–Crippen MR) is 77.4 cm³/mol. The molecular formula is C14H15N5O. The highest BCUT2D eigenvalue weighted by Crippen LogP contribution is 2.25. The van der Waals surface area contributed by atoms with Crippen molar-refractivity contribution in [1.82, 2.24) is 15.1 Å². The Hall–Kier alpha value is -2.63. The van der Waals surface area contributed by atoms with E-state index in [0.29, 0.717) is 30.4 Å². The van der Waals surface area contributed by atoms with Crippen LogP contribution in [-0.4, -0.2) is 21.7 Å². The van der Waals surface area contributed by atoms with Crippen LogP contribution in [0.4, 0.5) is 11.4 Å². The predicted octanol–water partition coefficient (Wildman–Crippen LogP) is 2.16. The van der Waals surface area contributed by atoms with E-state index in [1.54, 1.807) is 13.1 Å². The van der Waals surface area contributed by atoms with Crippen molar-refractivity contribution in [2.75, 3.05) is 17.6 Å². The van der Waals surface area contributed by atoms with Crippen LogP contribution in [0, 0.1) is 6.92 Å². The second-order valence-electron chi connectivity index (χ2n) is 4.51. The molecule has 0 amide bonds. The third-order valence-corrected chi connectivity index (χ3v) is 3.04. The van der Waals surface area contributed by atoms with Crippen molar-refractivity contribution in [1.29, 1.82) is 0 Å². The maximum absolute atomic E-state index is 5.92. The third kappa shape index (κ3) is 2.40. The van der Waals surface area contributed by atoms with E-state index >= 15 is 0 Å². The van der Waals surface area contributed by atoms with Crippen molar-refractivity contribution in [2.24, 2.45) is 0 Å². The molecule has 2 heterocycles. The molecule has 0 radical (unpaired) electrons. The minimum atomic E-state index is 0.585. The summed E-state index contributed by atoms with van der Waals surface area (Å²) in [5, 5.41) is 8.23. The van der Waals surface area contributed by atoms with E-state index in [9.17, 15) is 0 Å². The Bertz CT molecular complexity index is 737. The smallest absolute Gasteiger partial charge is 0.223 e. The van der Waals surface area contributed by atoms with Crippen LogP contribution in [0.25, 0.3) is 10.9 Å². The maximum atomic E-state index is 5.92. The Morgan fingerprint density at radius 1 is 1.30 bits per heavy atom. The number of pyridine rings is 1. The molecule has 0 atom stereocenters. The molecule has 6 heteroatoms. The van der Waals surface area contributed by atoms with Gasteiger partial charge in [-0.3, -0.25) is 4.98 Å². The lowest BCUT2D eigenvalue weighted by Gasteiger charge is -2.09. The van der Waals surface area contributed by atoms with Gasteiger partial charge in [0.05, 0.1) is 11.2 Å². The van der Waals surface area contributed by atoms with Crippen molar-refractivity contribution in [3.05, 3.63) is 42.2 Å². The van der Waals surface area contributed by atoms with Gasteiger partial charge >= 0.3 is 0 Å². The van der Waals surface area contributed by atoms with Crippen LogP contribution in [0.15, 0.2) is 35.0 Å². The first-order chi connectivity index (χ1) is 9.74. The molecule has 3 N–H and O–H groups in total. The van der Waals surface area contributed by atoms with Gasteiger partial charge in [0.15, 0.2) is 5.82 Å². The van der Waals surface area contributed by atoms with Crippen molar-refractivity contribution < 1.29 is 4.52 Å². The van der Waals surface area contributed by atoms with Gasteiger partial charge in [0.2, 0.25) is 5.89 Å². The Balaban J connectivity index is 1.76. The first-order valence-corrected chi connectivity index (χ1v) is 6.40. The number of aryl methyl sites for hydroxylation is 1. The summed E-state index contributed by atoms with van der Waals surface area (Å²) in [7, 11) is 0. The quantitative estimate of drug-likeness (QED) is 0.705. The summed E-state index contributed by atoms with van der Waals surface area (Å²) in [4.78, 5) is 8.47. The van der Waals surface area contributed by atoms with Crippen LogP contribution in [0.2, 0.25) is 0 Å². The van der Waals surface area contributed by atoms with Gasteiger partial charge in [-0.15, -0.1) is 0 Å². The van der Waals surface area contributed by atoms with Crippen molar-refractivity contribution in [3.63, 3.8) is 0 Å². The zero-order valence-corrected chi connectivity index (χ0v) is 11.1. The van der Waals surface area contributed by atoms with Gasteiger partial charge in [-0.05, 0) is 12.1 Å². The molecule has 0 aliphatic carbocycles. The average Bonchev–Trinajstić information content (AvgIpc) is 2.86. The molecule has 0 bridgehead atoms. The van der Waals surface area contributed by atoms with Crippen LogP contribution < -0.4 is 11.1 Å². The van der Waals surface area contributed by atoms with Crippen LogP contribution >= 0.6 is 0 Å². The number of hydrogen-bond acceptors (Lipinski definition) is 6. The highest BCUT2D eigenvalue weighted by atomic mass is 16.5. The van der Waals surface area contributed by atoms with Crippen LogP contribution in [-0.2, 0) is 6.42 Å². The van der Waals surface area contributed by atoms with Crippen molar-refractivity contribution in [2.45, 2.75) is 13.3 Å². The summed E-state index contributed by atoms with van der Waals surface area (Å²) in [6.45, 7) is 2.50. The van der Waals surface area contributed by atoms with Gasteiger partial charge < -0.3 is 15.6 Å². The van der Waals surface area contributed by atoms with Crippen LogP contribution in [0.1, 0.15) is 11.7 Å². The lowest BCUT2D eigenvalue weighted by Crippen LogP contribution is -2.06. The number of nitrogen functional groups attached to an aromatic ring is 1. The lowest BCUT2D eigenvalue weighted by molar-refractivity contribution is 0.387. The minimum absolute atomic E-state index is 0.585. The molecule has 0 spiro atoms. The Labute approximate surface area is 116 Å². The highest BCUT2D eigenvalue weighted by Gasteiger charge is 2.05. The number of rotatable bonds is 4. The van der Waals surface area contributed by atoms with E-state index in [0.717, 1.165) is 16.6 Å². The standard InChI is InChI=1S/C14H15N5O/c1-9-18-13(19-20-9)6-8-16-12-5-7-17-14-10(12)3-2-4-11(14)15/h2-5,7H,6,8,15H2,1H3,(H,16,17). The van der Waals surface area contributed by atoms with E-state index in [1.165, 1.54) is 0 Å². The zero-order valence-electron chi connectivity index (χ0n) is 11.1. The molecule has 1 aromatic carbocycles. The number of anilines is 2. The third-order valence-electron chi connectivity index (χ3n) is 3.04. The molecule has 2 aromatic heterocycles. The molecule has 3 aromatic rings. The Morgan fingerprint density at radius 2 is 2.20 bits per heavy atom. The van der Waals surface area contributed by atoms with E-state index in [-0.39, 0.29) is 0 Å². The summed E-state index contributed by atoms with van der Waals surface area (Å²) in [6, 6.07) is 7.71. The second kappa shape index (κ2) is 5.16. The fraction of sp³-hybridized carbons (Fsp3) is 0.214. The fourth-order valence-electron chi connectivity index (χ4n) is 2.10. The number of nitrogens with one attached hydrogen (secondary N) is 1. The van der Waals surface area contributed by atoms with Crippen LogP contribution in [0.5, 0.6) is 0 Å². The first-order valence-electron chi connectivity index (χ1n) is 6.40. The molecule has 0 aliphatic heterocycles. The van der Waals surface area contributed by atoms with E-state index in [1.807, 2.05) is 24.3 Å².